The summed E-state index contributed by atoms with van der Waals surface area (Å²) in [4.78, 5) is 21.9. The molecule has 188 valence electrons. The molecule has 4 rings (SSSR count). The fraction of sp³-hybridized carbons (Fsp3) is 0.556. The second-order valence-corrected chi connectivity index (χ2v) is 10.1. The molecule has 8 nitrogen and oxygen atoms in total. The highest BCUT2D eigenvalue weighted by molar-refractivity contribution is 5.76. The van der Waals surface area contributed by atoms with Crippen molar-refractivity contribution in [2.45, 2.75) is 67.0 Å². The number of amides is 1. The van der Waals surface area contributed by atoms with Crippen molar-refractivity contribution in [2.75, 3.05) is 26.2 Å². The molecule has 0 spiro atoms. The predicted molar refractivity (Wildman–Crippen MR) is 136 cm³/mol. The van der Waals surface area contributed by atoms with Crippen molar-refractivity contribution in [3.05, 3.63) is 52.7 Å². The number of benzene rings is 1. The number of aromatic nitrogens is 4. The minimum absolute atomic E-state index is 0.0102. The van der Waals surface area contributed by atoms with E-state index in [4.69, 9.17) is 4.52 Å². The van der Waals surface area contributed by atoms with Crippen LogP contribution < -0.4 is 0 Å². The van der Waals surface area contributed by atoms with Crippen molar-refractivity contribution in [1.29, 1.82) is 0 Å². The van der Waals surface area contributed by atoms with Crippen molar-refractivity contribution in [2.24, 2.45) is 5.92 Å². The van der Waals surface area contributed by atoms with Crippen molar-refractivity contribution in [1.82, 2.24) is 29.7 Å². The molecule has 0 radical (unpaired) electrons. The zero-order chi connectivity index (χ0) is 25.1. The summed E-state index contributed by atoms with van der Waals surface area (Å²) in [6.07, 6.45) is 1.27. The molecule has 1 amide bonds. The van der Waals surface area contributed by atoms with Crippen LogP contribution in [0.4, 0.5) is 0 Å². The van der Waals surface area contributed by atoms with E-state index in [-0.39, 0.29) is 11.9 Å². The molecule has 35 heavy (non-hydrogen) atoms. The van der Waals surface area contributed by atoms with Crippen LogP contribution in [0.5, 0.6) is 0 Å². The van der Waals surface area contributed by atoms with E-state index in [0.29, 0.717) is 37.1 Å². The van der Waals surface area contributed by atoms with Gasteiger partial charge >= 0.3 is 0 Å². The summed E-state index contributed by atoms with van der Waals surface area (Å²) in [5, 5.41) is 8.86. The highest BCUT2D eigenvalue weighted by Crippen LogP contribution is 2.24. The zero-order valence-corrected chi connectivity index (χ0v) is 21.9. The number of hydrogen-bond acceptors (Lipinski definition) is 6. The van der Waals surface area contributed by atoms with Gasteiger partial charge in [0.15, 0.2) is 0 Å². The number of nitrogens with zero attached hydrogens (tertiary/aromatic N) is 6. The molecule has 1 aliphatic heterocycles. The van der Waals surface area contributed by atoms with Gasteiger partial charge in [0.25, 0.3) is 0 Å². The molecular formula is C27H38N6O2. The number of carbonyl (C=O) groups excluding carboxylic acids is 1. The highest BCUT2D eigenvalue weighted by Gasteiger charge is 2.28. The van der Waals surface area contributed by atoms with Crippen LogP contribution in [0, 0.1) is 26.7 Å². The highest BCUT2D eigenvalue weighted by atomic mass is 16.5. The van der Waals surface area contributed by atoms with E-state index < -0.39 is 0 Å². The zero-order valence-electron chi connectivity index (χ0n) is 21.9. The Labute approximate surface area is 208 Å². The maximum Gasteiger partial charge on any atom is 0.244 e. The summed E-state index contributed by atoms with van der Waals surface area (Å²) < 4.78 is 7.67. The third-order valence-electron chi connectivity index (χ3n) is 6.98. The van der Waals surface area contributed by atoms with E-state index in [1.165, 1.54) is 16.8 Å². The maximum atomic E-state index is 12.9. The van der Waals surface area contributed by atoms with Gasteiger partial charge in [-0.25, -0.2) is 0 Å². The minimum atomic E-state index is 0.0102. The number of piperazine rings is 1. The summed E-state index contributed by atoms with van der Waals surface area (Å²) in [6.45, 7) is 16.6. The summed E-state index contributed by atoms with van der Waals surface area (Å²) in [7, 11) is 0. The normalized spacial score (nSPS) is 15.7. The monoisotopic (exact) mass is 478 g/mol. The Morgan fingerprint density at radius 3 is 2.37 bits per heavy atom. The lowest BCUT2D eigenvalue weighted by Gasteiger charge is -2.36. The van der Waals surface area contributed by atoms with Crippen LogP contribution in [0.1, 0.15) is 61.6 Å². The molecular weight excluding hydrogens is 440 g/mol. The Balaban J connectivity index is 1.29. The van der Waals surface area contributed by atoms with E-state index in [1.54, 1.807) is 0 Å². The summed E-state index contributed by atoms with van der Waals surface area (Å²) in [6, 6.07) is 8.13. The van der Waals surface area contributed by atoms with Gasteiger partial charge in [0.2, 0.25) is 17.6 Å². The second-order valence-electron chi connectivity index (χ2n) is 10.1. The van der Waals surface area contributed by atoms with Gasteiger partial charge in [-0.3, -0.25) is 14.4 Å². The van der Waals surface area contributed by atoms with Gasteiger partial charge < -0.3 is 9.42 Å². The molecule has 1 unspecified atom stereocenters. The van der Waals surface area contributed by atoms with Crippen LogP contribution in [0.2, 0.25) is 0 Å². The van der Waals surface area contributed by atoms with E-state index in [2.05, 4.69) is 59.4 Å². The maximum absolute atomic E-state index is 12.9. The van der Waals surface area contributed by atoms with Gasteiger partial charge in [-0.05, 0) is 45.6 Å². The predicted octanol–water partition coefficient (Wildman–Crippen LogP) is 4.35. The van der Waals surface area contributed by atoms with E-state index in [9.17, 15) is 4.79 Å². The minimum Gasteiger partial charge on any atom is -0.340 e. The van der Waals surface area contributed by atoms with E-state index >= 15 is 0 Å². The first-order valence-corrected chi connectivity index (χ1v) is 12.7. The Kier molecular flexibility index (Phi) is 7.69. The Hall–Kier alpha value is -3.00. The fourth-order valence-electron chi connectivity index (χ4n) is 4.75. The standard InChI is InChI=1S/C27H38N6O2/c1-18(2)17-33-21(5)24(20(4)29-33)11-12-25(34)32-15-13-31(14-16-32)22(6)27-28-26(30-35-27)23-9-7-19(3)8-10-23/h7-10,18,22H,11-17H2,1-6H3. The third-order valence-corrected chi connectivity index (χ3v) is 6.98. The molecule has 3 aromatic rings. The number of aryl methyl sites for hydroxylation is 2. The molecule has 2 aromatic heterocycles. The van der Waals surface area contributed by atoms with Crippen LogP contribution in [0.25, 0.3) is 11.4 Å². The van der Waals surface area contributed by atoms with E-state index in [1.807, 2.05) is 36.1 Å². The summed E-state index contributed by atoms with van der Waals surface area (Å²) >= 11 is 0. The second kappa shape index (κ2) is 10.7. The van der Waals surface area contributed by atoms with Crippen LogP contribution >= 0.6 is 0 Å². The molecule has 8 heteroatoms. The average Bonchev–Trinajstić information content (AvgIpc) is 3.42. The summed E-state index contributed by atoms with van der Waals surface area (Å²) in [5.41, 5.74) is 5.59. The molecule has 0 aliphatic carbocycles. The van der Waals surface area contributed by atoms with Crippen molar-refractivity contribution < 1.29 is 9.32 Å². The molecule has 1 aromatic carbocycles. The van der Waals surface area contributed by atoms with Gasteiger partial charge in [-0.1, -0.05) is 48.8 Å². The van der Waals surface area contributed by atoms with Gasteiger partial charge in [-0.15, -0.1) is 0 Å². The van der Waals surface area contributed by atoms with Crippen molar-refractivity contribution in [3.63, 3.8) is 0 Å². The number of hydrogen-bond donors (Lipinski definition) is 0. The smallest absolute Gasteiger partial charge is 0.244 e. The lowest BCUT2D eigenvalue weighted by Crippen LogP contribution is -2.49. The van der Waals surface area contributed by atoms with Crippen LogP contribution in [-0.2, 0) is 17.8 Å². The Morgan fingerprint density at radius 1 is 1.03 bits per heavy atom. The molecule has 0 saturated carbocycles. The molecule has 0 bridgehead atoms. The summed E-state index contributed by atoms with van der Waals surface area (Å²) in [5.74, 6) is 1.99. The molecule has 1 aliphatic rings. The molecule has 1 saturated heterocycles. The lowest BCUT2D eigenvalue weighted by atomic mass is 10.1. The molecule has 3 heterocycles. The van der Waals surface area contributed by atoms with Gasteiger partial charge in [0, 0.05) is 50.4 Å². The van der Waals surface area contributed by atoms with E-state index in [0.717, 1.165) is 37.3 Å². The van der Waals surface area contributed by atoms with Crippen LogP contribution in [-0.4, -0.2) is 61.8 Å². The first-order valence-electron chi connectivity index (χ1n) is 12.7. The van der Waals surface area contributed by atoms with Crippen LogP contribution in [0.3, 0.4) is 0 Å². The first-order chi connectivity index (χ1) is 16.7. The molecule has 1 fully saturated rings. The van der Waals surface area contributed by atoms with Gasteiger partial charge in [0.1, 0.15) is 0 Å². The van der Waals surface area contributed by atoms with Crippen molar-refractivity contribution in [3.8, 4) is 11.4 Å². The van der Waals surface area contributed by atoms with Crippen molar-refractivity contribution >= 4 is 5.91 Å². The average molecular weight is 479 g/mol. The first kappa shape index (κ1) is 25.1. The lowest BCUT2D eigenvalue weighted by molar-refractivity contribution is -0.133. The number of rotatable bonds is 8. The Bertz CT molecular complexity index is 1140. The molecule has 1 atom stereocenters. The topological polar surface area (TPSA) is 80.3 Å². The Morgan fingerprint density at radius 2 is 1.71 bits per heavy atom. The third kappa shape index (κ3) is 5.81. The fourth-order valence-corrected chi connectivity index (χ4v) is 4.75. The number of carbonyl (C=O) groups is 1. The molecule has 0 N–H and O–H groups in total. The quantitative estimate of drug-likeness (QED) is 0.479. The van der Waals surface area contributed by atoms with Gasteiger partial charge in [-0.2, -0.15) is 10.1 Å². The largest absolute Gasteiger partial charge is 0.340 e. The van der Waals surface area contributed by atoms with Crippen LogP contribution in [0.15, 0.2) is 28.8 Å². The SMILES string of the molecule is Cc1ccc(-c2noc(C(C)N3CCN(C(=O)CCc4c(C)nn(CC(C)C)c4C)CC3)n2)cc1. The van der Waals surface area contributed by atoms with Gasteiger partial charge in [0.05, 0.1) is 11.7 Å².